The lowest BCUT2D eigenvalue weighted by molar-refractivity contribution is 0.123. The largest absolute Gasteiger partial charge is 0.316 e. The van der Waals surface area contributed by atoms with Gasteiger partial charge in [-0.15, -0.1) is 0 Å². The van der Waals surface area contributed by atoms with Gasteiger partial charge in [-0.05, 0) is 80.3 Å². The van der Waals surface area contributed by atoms with Crippen LogP contribution in [0.4, 0.5) is 0 Å². The van der Waals surface area contributed by atoms with Crippen LogP contribution in [0.15, 0.2) is 48.5 Å². The molecule has 1 heterocycles. The Labute approximate surface area is 173 Å². The van der Waals surface area contributed by atoms with Gasteiger partial charge in [0.15, 0.2) is 0 Å². The number of likely N-dealkylation sites (tertiary alicyclic amines) is 1. The summed E-state index contributed by atoms with van der Waals surface area (Å²) < 4.78 is 0. The first-order valence-corrected chi connectivity index (χ1v) is 10.8. The maximum atomic E-state index is 6.60. The Kier molecular flexibility index (Phi) is 7.60. The summed E-state index contributed by atoms with van der Waals surface area (Å²) in [7, 11) is 0. The van der Waals surface area contributed by atoms with Gasteiger partial charge < -0.3 is 5.73 Å². The van der Waals surface area contributed by atoms with Gasteiger partial charge in [0.2, 0.25) is 0 Å². The second-order valence-corrected chi connectivity index (χ2v) is 8.57. The minimum absolute atomic E-state index is 0.0991. The lowest BCUT2D eigenvalue weighted by Crippen LogP contribution is -2.47. The fraction of sp³-hybridized carbons (Fsp3) is 0.478. The van der Waals surface area contributed by atoms with E-state index in [9.17, 15) is 0 Å². The van der Waals surface area contributed by atoms with Crippen LogP contribution in [0.25, 0.3) is 0 Å². The van der Waals surface area contributed by atoms with Crippen LogP contribution in [-0.4, -0.2) is 24.2 Å². The molecular formula is C23H30Cl2N2. The lowest BCUT2D eigenvalue weighted by Gasteiger charge is -2.37. The van der Waals surface area contributed by atoms with Crippen molar-refractivity contribution in [1.29, 1.82) is 0 Å². The summed E-state index contributed by atoms with van der Waals surface area (Å²) in [6.07, 6.45) is 5.75. The zero-order chi connectivity index (χ0) is 19.2. The van der Waals surface area contributed by atoms with E-state index in [1.165, 1.54) is 30.4 Å². The second kappa shape index (κ2) is 9.93. The fourth-order valence-corrected chi connectivity index (χ4v) is 4.49. The molecule has 0 amide bonds. The SMILES string of the molecule is CCC(CC(N)N1CCC(Cc2ccccc2)CC1)c1ccc(Cl)c(Cl)c1. The van der Waals surface area contributed by atoms with Crippen molar-refractivity contribution in [1.82, 2.24) is 4.90 Å². The third-order valence-corrected chi connectivity index (χ3v) is 6.66. The van der Waals surface area contributed by atoms with Crippen LogP contribution < -0.4 is 5.73 Å². The number of piperidine rings is 1. The average Bonchev–Trinajstić information content (AvgIpc) is 2.69. The molecule has 1 saturated heterocycles. The molecule has 2 atom stereocenters. The van der Waals surface area contributed by atoms with Gasteiger partial charge in [0, 0.05) is 0 Å². The molecule has 1 fully saturated rings. The van der Waals surface area contributed by atoms with Gasteiger partial charge in [0.1, 0.15) is 0 Å². The molecule has 0 spiro atoms. The number of nitrogens with zero attached hydrogens (tertiary/aromatic N) is 1. The number of halogens is 2. The highest BCUT2D eigenvalue weighted by molar-refractivity contribution is 6.42. The standard InChI is InChI=1S/C23H30Cl2N2/c1-2-19(20-8-9-21(24)22(25)15-20)16-23(26)27-12-10-18(11-13-27)14-17-6-4-3-5-7-17/h3-9,15,18-19,23H,2,10-14,16,26H2,1H3. The molecule has 2 unspecified atom stereocenters. The quantitative estimate of drug-likeness (QED) is 0.602. The first-order chi connectivity index (χ1) is 13.1. The molecular weight excluding hydrogens is 375 g/mol. The molecule has 2 aromatic carbocycles. The van der Waals surface area contributed by atoms with Gasteiger partial charge in [-0.25, -0.2) is 0 Å². The summed E-state index contributed by atoms with van der Waals surface area (Å²) in [4.78, 5) is 2.46. The van der Waals surface area contributed by atoms with Crippen LogP contribution in [0.3, 0.4) is 0 Å². The van der Waals surface area contributed by atoms with Crippen LogP contribution in [0.2, 0.25) is 10.0 Å². The first kappa shape index (κ1) is 20.7. The van der Waals surface area contributed by atoms with E-state index < -0.39 is 0 Å². The van der Waals surface area contributed by atoms with Crippen LogP contribution in [0.1, 0.15) is 49.7 Å². The van der Waals surface area contributed by atoms with Crippen LogP contribution >= 0.6 is 23.2 Å². The molecule has 0 bridgehead atoms. The monoisotopic (exact) mass is 404 g/mol. The Balaban J connectivity index is 1.52. The highest BCUT2D eigenvalue weighted by Gasteiger charge is 2.25. The van der Waals surface area contributed by atoms with E-state index in [4.69, 9.17) is 28.9 Å². The number of hydrogen-bond acceptors (Lipinski definition) is 2. The van der Waals surface area contributed by atoms with Crippen LogP contribution in [0, 0.1) is 5.92 Å². The maximum absolute atomic E-state index is 6.60. The van der Waals surface area contributed by atoms with E-state index in [2.05, 4.69) is 48.2 Å². The molecule has 2 N–H and O–H groups in total. The minimum Gasteiger partial charge on any atom is -0.316 e. The topological polar surface area (TPSA) is 29.3 Å². The van der Waals surface area contributed by atoms with Crippen LogP contribution in [0.5, 0.6) is 0 Å². The van der Waals surface area contributed by atoms with Gasteiger partial charge in [-0.2, -0.15) is 0 Å². The summed E-state index contributed by atoms with van der Waals surface area (Å²) >= 11 is 12.3. The van der Waals surface area contributed by atoms with Crippen molar-refractivity contribution >= 4 is 23.2 Å². The number of hydrogen-bond donors (Lipinski definition) is 1. The van der Waals surface area contributed by atoms with E-state index in [-0.39, 0.29) is 6.17 Å². The van der Waals surface area contributed by atoms with Crippen molar-refractivity contribution in [2.45, 2.75) is 51.1 Å². The predicted octanol–water partition coefficient (Wildman–Crippen LogP) is 6.12. The van der Waals surface area contributed by atoms with E-state index in [1.54, 1.807) is 0 Å². The molecule has 0 aromatic heterocycles. The highest BCUT2D eigenvalue weighted by atomic mass is 35.5. The molecule has 2 aromatic rings. The normalized spacial score (nSPS) is 18.4. The van der Waals surface area contributed by atoms with Crippen molar-refractivity contribution < 1.29 is 0 Å². The summed E-state index contributed by atoms with van der Waals surface area (Å²) in [5, 5.41) is 1.24. The van der Waals surface area contributed by atoms with E-state index >= 15 is 0 Å². The van der Waals surface area contributed by atoms with Crippen molar-refractivity contribution in [3.05, 3.63) is 69.7 Å². The number of nitrogens with two attached hydrogens (primary N) is 1. The van der Waals surface area contributed by atoms with E-state index in [0.717, 1.165) is 31.8 Å². The van der Waals surface area contributed by atoms with Crippen molar-refractivity contribution in [3.63, 3.8) is 0 Å². The maximum Gasteiger partial charge on any atom is 0.0595 e. The van der Waals surface area contributed by atoms with Crippen molar-refractivity contribution in [3.8, 4) is 0 Å². The number of benzene rings is 2. The molecule has 0 radical (unpaired) electrons. The molecule has 3 rings (SSSR count). The molecule has 0 saturated carbocycles. The number of rotatable bonds is 7. The highest BCUT2D eigenvalue weighted by Crippen LogP contribution is 2.31. The Morgan fingerprint density at radius 2 is 1.74 bits per heavy atom. The zero-order valence-corrected chi connectivity index (χ0v) is 17.6. The third-order valence-electron chi connectivity index (χ3n) is 5.92. The summed E-state index contributed by atoms with van der Waals surface area (Å²) in [5.74, 6) is 1.18. The van der Waals surface area contributed by atoms with Crippen LogP contribution in [-0.2, 0) is 6.42 Å². The smallest absolute Gasteiger partial charge is 0.0595 e. The molecule has 1 aliphatic rings. The summed E-state index contributed by atoms with van der Waals surface area (Å²) in [6.45, 7) is 4.40. The van der Waals surface area contributed by atoms with Crippen molar-refractivity contribution in [2.75, 3.05) is 13.1 Å². The second-order valence-electron chi connectivity index (χ2n) is 7.75. The Hall–Kier alpha value is -1.06. The Bertz CT molecular complexity index is 712. The molecule has 2 nitrogen and oxygen atoms in total. The lowest BCUT2D eigenvalue weighted by atomic mass is 9.88. The fourth-order valence-electron chi connectivity index (χ4n) is 4.18. The van der Waals surface area contributed by atoms with Gasteiger partial charge in [0.05, 0.1) is 16.2 Å². The van der Waals surface area contributed by atoms with E-state index in [1.807, 2.05) is 12.1 Å². The van der Waals surface area contributed by atoms with E-state index in [0.29, 0.717) is 16.0 Å². The van der Waals surface area contributed by atoms with Gasteiger partial charge in [0.25, 0.3) is 0 Å². The third kappa shape index (κ3) is 5.71. The Morgan fingerprint density at radius 1 is 1.04 bits per heavy atom. The van der Waals surface area contributed by atoms with Crippen molar-refractivity contribution in [2.24, 2.45) is 11.7 Å². The first-order valence-electron chi connectivity index (χ1n) is 10.0. The average molecular weight is 405 g/mol. The predicted molar refractivity (Wildman–Crippen MR) is 117 cm³/mol. The summed E-state index contributed by atoms with van der Waals surface area (Å²) in [6, 6.07) is 16.8. The van der Waals surface area contributed by atoms with Gasteiger partial charge in [-0.1, -0.05) is 66.5 Å². The molecule has 0 aliphatic carbocycles. The molecule has 27 heavy (non-hydrogen) atoms. The summed E-state index contributed by atoms with van der Waals surface area (Å²) in [5.41, 5.74) is 9.28. The molecule has 4 heteroatoms. The Morgan fingerprint density at radius 3 is 2.37 bits per heavy atom. The minimum atomic E-state index is 0.0991. The molecule has 146 valence electrons. The zero-order valence-electron chi connectivity index (χ0n) is 16.1. The van der Waals surface area contributed by atoms with Gasteiger partial charge >= 0.3 is 0 Å². The van der Waals surface area contributed by atoms with Gasteiger partial charge in [-0.3, -0.25) is 4.90 Å². The molecule has 1 aliphatic heterocycles.